The largest absolute Gasteiger partial charge is 0.322 e. The van der Waals surface area contributed by atoms with Crippen molar-refractivity contribution in [2.45, 2.75) is 20.4 Å². The molecule has 2 aromatic rings. The lowest BCUT2D eigenvalue weighted by atomic mass is 10.1. The minimum Gasteiger partial charge on any atom is -0.322 e. The Balaban J connectivity index is 1.54. The fourth-order valence-electron chi connectivity index (χ4n) is 3.15. The number of nitrogens with one attached hydrogen (secondary N) is 1. The zero-order valence-electron chi connectivity index (χ0n) is 14.5. The Bertz CT molecular complexity index is 671. The highest BCUT2D eigenvalue weighted by Gasteiger charge is 2.21. The molecule has 0 bridgehead atoms. The zero-order chi connectivity index (χ0) is 16.9. The van der Waals surface area contributed by atoms with Gasteiger partial charge in [0.15, 0.2) is 0 Å². The number of aryl methyl sites for hydroxylation is 2. The first-order valence-corrected chi connectivity index (χ1v) is 8.52. The molecule has 4 nitrogen and oxygen atoms in total. The first kappa shape index (κ1) is 16.5. The predicted octanol–water partition coefficient (Wildman–Crippen LogP) is 3.65. The summed E-state index contributed by atoms with van der Waals surface area (Å²) in [6.45, 7) is 8.37. The van der Waals surface area contributed by atoms with E-state index < -0.39 is 0 Å². The monoisotopic (exact) mass is 323 g/mol. The van der Waals surface area contributed by atoms with Gasteiger partial charge in [-0.15, -0.1) is 0 Å². The Morgan fingerprint density at radius 1 is 0.917 bits per heavy atom. The van der Waals surface area contributed by atoms with Crippen molar-refractivity contribution in [2.75, 3.05) is 31.5 Å². The van der Waals surface area contributed by atoms with Gasteiger partial charge in [0.2, 0.25) is 0 Å². The van der Waals surface area contributed by atoms with Gasteiger partial charge >= 0.3 is 6.03 Å². The number of hydrogen-bond acceptors (Lipinski definition) is 2. The second kappa shape index (κ2) is 7.49. The molecule has 2 aromatic carbocycles. The summed E-state index contributed by atoms with van der Waals surface area (Å²) in [6, 6.07) is 16.6. The first-order valence-electron chi connectivity index (χ1n) is 8.52. The SMILES string of the molecule is Cc1cccc(C)c1NC(=O)N1CCN(Cc2ccccc2)CC1. The van der Waals surface area contributed by atoms with Crippen molar-refractivity contribution in [3.8, 4) is 0 Å². The second-order valence-electron chi connectivity index (χ2n) is 6.45. The van der Waals surface area contributed by atoms with E-state index in [1.807, 2.05) is 43.0 Å². The third kappa shape index (κ3) is 3.95. The molecule has 2 amide bonds. The van der Waals surface area contributed by atoms with Crippen LogP contribution in [0, 0.1) is 13.8 Å². The van der Waals surface area contributed by atoms with E-state index in [1.165, 1.54) is 5.56 Å². The van der Waals surface area contributed by atoms with Gasteiger partial charge in [-0.1, -0.05) is 48.5 Å². The summed E-state index contributed by atoms with van der Waals surface area (Å²) < 4.78 is 0. The van der Waals surface area contributed by atoms with Crippen LogP contribution in [0.5, 0.6) is 0 Å². The summed E-state index contributed by atoms with van der Waals surface area (Å²) >= 11 is 0. The lowest BCUT2D eigenvalue weighted by Gasteiger charge is -2.35. The zero-order valence-corrected chi connectivity index (χ0v) is 14.5. The summed E-state index contributed by atoms with van der Waals surface area (Å²) in [6.07, 6.45) is 0. The number of hydrogen-bond donors (Lipinski definition) is 1. The fourth-order valence-corrected chi connectivity index (χ4v) is 3.15. The van der Waals surface area contributed by atoms with Crippen molar-refractivity contribution in [1.29, 1.82) is 0 Å². The van der Waals surface area contributed by atoms with Crippen LogP contribution in [-0.2, 0) is 6.54 Å². The van der Waals surface area contributed by atoms with E-state index in [-0.39, 0.29) is 6.03 Å². The third-order valence-electron chi connectivity index (χ3n) is 4.62. The highest BCUT2D eigenvalue weighted by molar-refractivity contribution is 5.91. The van der Waals surface area contributed by atoms with Crippen molar-refractivity contribution in [3.63, 3.8) is 0 Å². The molecule has 1 saturated heterocycles. The molecular weight excluding hydrogens is 298 g/mol. The Morgan fingerprint density at radius 2 is 1.54 bits per heavy atom. The second-order valence-corrected chi connectivity index (χ2v) is 6.45. The van der Waals surface area contributed by atoms with Crippen molar-refractivity contribution in [1.82, 2.24) is 9.80 Å². The Morgan fingerprint density at radius 3 is 2.17 bits per heavy atom. The summed E-state index contributed by atoms with van der Waals surface area (Å²) in [7, 11) is 0. The average molecular weight is 323 g/mol. The standard InChI is InChI=1S/C20H25N3O/c1-16-7-6-8-17(2)19(16)21-20(24)23-13-11-22(12-14-23)15-18-9-4-3-5-10-18/h3-10H,11-15H2,1-2H3,(H,21,24). The van der Waals surface area contributed by atoms with Crippen LogP contribution >= 0.6 is 0 Å². The van der Waals surface area contributed by atoms with Crippen molar-refractivity contribution in [3.05, 3.63) is 65.2 Å². The van der Waals surface area contributed by atoms with Crippen LogP contribution in [0.1, 0.15) is 16.7 Å². The van der Waals surface area contributed by atoms with E-state index in [0.717, 1.165) is 49.5 Å². The van der Waals surface area contributed by atoms with Crippen LogP contribution in [-0.4, -0.2) is 42.0 Å². The van der Waals surface area contributed by atoms with Crippen molar-refractivity contribution in [2.24, 2.45) is 0 Å². The molecule has 1 aliphatic heterocycles. The average Bonchev–Trinajstić information content (AvgIpc) is 2.60. The quantitative estimate of drug-likeness (QED) is 0.936. The maximum atomic E-state index is 12.5. The van der Waals surface area contributed by atoms with Gasteiger partial charge in [0.25, 0.3) is 0 Å². The van der Waals surface area contributed by atoms with E-state index in [0.29, 0.717) is 0 Å². The number of benzene rings is 2. The predicted molar refractivity (Wildman–Crippen MR) is 98.2 cm³/mol. The van der Waals surface area contributed by atoms with E-state index in [2.05, 4.69) is 34.5 Å². The Hall–Kier alpha value is -2.33. The molecular formula is C20H25N3O. The molecule has 1 aliphatic rings. The summed E-state index contributed by atoms with van der Waals surface area (Å²) in [5.41, 5.74) is 4.47. The first-order chi connectivity index (χ1) is 11.6. The van der Waals surface area contributed by atoms with Gasteiger partial charge < -0.3 is 10.2 Å². The maximum Gasteiger partial charge on any atom is 0.321 e. The number of carbonyl (C=O) groups excluding carboxylic acids is 1. The van der Waals surface area contributed by atoms with E-state index in [9.17, 15) is 4.79 Å². The van der Waals surface area contributed by atoms with Gasteiger partial charge in [0, 0.05) is 38.4 Å². The van der Waals surface area contributed by atoms with Crippen LogP contribution in [0.4, 0.5) is 10.5 Å². The van der Waals surface area contributed by atoms with Crippen molar-refractivity contribution >= 4 is 11.7 Å². The van der Waals surface area contributed by atoms with Crippen LogP contribution < -0.4 is 5.32 Å². The molecule has 0 aromatic heterocycles. The normalized spacial score (nSPS) is 15.3. The number of piperazine rings is 1. The fraction of sp³-hybridized carbons (Fsp3) is 0.350. The third-order valence-corrected chi connectivity index (χ3v) is 4.62. The molecule has 4 heteroatoms. The smallest absolute Gasteiger partial charge is 0.321 e. The van der Waals surface area contributed by atoms with Crippen molar-refractivity contribution < 1.29 is 4.79 Å². The number of carbonyl (C=O) groups is 1. The van der Waals surface area contributed by atoms with Gasteiger partial charge in [-0.2, -0.15) is 0 Å². The minimum absolute atomic E-state index is 0.00626. The lowest BCUT2D eigenvalue weighted by Crippen LogP contribution is -2.49. The molecule has 1 heterocycles. The molecule has 3 rings (SSSR count). The summed E-state index contributed by atoms with van der Waals surface area (Å²) in [5, 5.41) is 3.08. The molecule has 1 fully saturated rings. The molecule has 1 N–H and O–H groups in total. The molecule has 0 unspecified atom stereocenters. The topological polar surface area (TPSA) is 35.6 Å². The van der Waals surface area contributed by atoms with E-state index >= 15 is 0 Å². The highest BCUT2D eigenvalue weighted by Crippen LogP contribution is 2.20. The number of para-hydroxylation sites is 1. The molecule has 126 valence electrons. The number of anilines is 1. The molecule has 0 spiro atoms. The minimum atomic E-state index is 0.00626. The van der Waals surface area contributed by atoms with Gasteiger partial charge in [-0.3, -0.25) is 4.90 Å². The molecule has 0 radical (unpaired) electrons. The van der Waals surface area contributed by atoms with Crippen LogP contribution in [0.3, 0.4) is 0 Å². The Kier molecular flexibility index (Phi) is 5.16. The molecule has 0 atom stereocenters. The molecule has 0 saturated carbocycles. The van der Waals surface area contributed by atoms with Gasteiger partial charge in [-0.25, -0.2) is 4.79 Å². The van der Waals surface area contributed by atoms with Crippen LogP contribution in [0.2, 0.25) is 0 Å². The highest BCUT2D eigenvalue weighted by atomic mass is 16.2. The number of urea groups is 1. The molecule has 24 heavy (non-hydrogen) atoms. The van der Waals surface area contributed by atoms with Crippen LogP contribution in [0.15, 0.2) is 48.5 Å². The Labute approximate surface area is 144 Å². The maximum absolute atomic E-state index is 12.5. The van der Waals surface area contributed by atoms with Crippen LogP contribution in [0.25, 0.3) is 0 Å². The van der Waals surface area contributed by atoms with Gasteiger partial charge in [0.05, 0.1) is 0 Å². The van der Waals surface area contributed by atoms with E-state index in [4.69, 9.17) is 0 Å². The lowest BCUT2D eigenvalue weighted by molar-refractivity contribution is 0.143. The van der Waals surface area contributed by atoms with E-state index in [1.54, 1.807) is 0 Å². The number of rotatable bonds is 3. The number of amides is 2. The number of nitrogens with zero attached hydrogens (tertiary/aromatic N) is 2. The summed E-state index contributed by atoms with van der Waals surface area (Å²) in [4.78, 5) is 16.8. The summed E-state index contributed by atoms with van der Waals surface area (Å²) in [5.74, 6) is 0. The molecule has 0 aliphatic carbocycles. The van der Waals surface area contributed by atoms with Gasteiger partial charge in [0.1, 0.15) is 0 Å². The van der Waals surface area contributed by atoms with Gasteiger partial charge in [-0.05, 0) is 30.5 Å².